The molecule has 156 valence electrons. The Kier molecular flexibility index (Phi) is 6.21. The zero-order valence-corrected chi connectivity index (χ0v) is 16.7. The maximum atomic E-state index is 12.7. The zero-order valence-electron chi connectivity index (χ0n) is 16.7. The minimum absolute atomic E-state index is 0.0162. The van der Waals surface area contributed by atoms with Gasteiger partial charge in [0.05, 0.1) is 18.2 Å². The van der Waals surface area contributed by atoms with Crippen LogP contribution in [0, 0.1) is 0 Å². The van der Waals surface area contributed by atoms with Crippen molar-refractivity contribution >= 4 is 22.6 Å². The Bertz CT molecular complexity index is 1030. The van der Waals surface area contributed by atoms with E-state index < -0.39 is 0 Å². The number of aromatic nitrogens is 2. The van der Waals surface area contributed by atoms with E-state index in [1.165, 1.54) is 6.33 Å². The van der Waals surface area contributed by atoms with Crippen molar-refractivity contribution < 1.29 is 15.0 Å². The van der Waals surface area contributed by atoms with Gasteiger partial charge in [0.1, 0.15) is 12.1 Å². The summed E-state index contributed by atoms with van der Waals surface area (Å²) in [7, 11) is 0. The van der Waals surface area contributed by atoms with Gasteiger partial charge in [-0.1, -0.05) is 18.2 Å². The van der Waals surface area contributed by atoms with Gasteiger partial charge in [-0.2, -0.15) is 0 Å². The van der Waals surface area contributed by atoms with Crippen molar-refractivity contribution in [2.75, 3.05) is 18.5 Å². The number of aliphatic hydroxyl groups is 2. The zero-order chi connectivity index (χ0) is 20.9. The van der Waals surface area contributed by atoms with E-state index in [0.717, 1.165) is 47.7 Å². The molecule has 4 rings (SSSR count). The van der Waals surface area contributed by atoms with Crippen molar-refractivity contribution in [1.82, 2.24) is 15.3 Å². The lowest BCUT2D eigenvalue weighted by molar-refractivity contribution is 0.0867. The molecule has 2 aromatic carbocycles. The van der Waals surface area contributed by atoms with Gasteiger partial charge in [0.15, 0.2) is 0 Å². The summed E-state index contributed by atoms with van der Waals surface area (Å²) >= 11 is 0. The van der Waals surface area contributed by atoms with Gasteiger partial charge in [-0.3, -0.25) is 4.79 Å². The number of carbonyl (C=O) groups is 1. The van der Waals surface area contributed by atoms with Crippen molar-refractivity contribution in [3.8, 4) is 11.1 Å². The van der Waals surface area contributed by atoms with Crippen LogP contribution in [0.5, 0.6) is 0 Å². The monoisotopic (exact) mass is 406 g/mol. The standard InChI is InChI=1S/C23H26N4O3/c28-11-10-24-22-20-13-16(4-9-21(20)25-14-26-22)15-2-1-3-17(12-15)23(30)27-18-5-7-19(29)8-6-18/h1-4,9,12-14,18-19,28-29H,5-8,10-11H2,(H,27,30)(H,24,25,26). The highest BCUT2D eigenvalue weighted by Gasteiger charge is 2.21. The predicted octanol–water partition coefficient (Wildman–Crippen LogP) is 2.73. The Hall–Kier alpha value is -3.03. The third-order valence-corrected chi connectivity index (χ3v) is 5.53. The first-order chi connectivity index (χ1) is 14.6. The van der Waals surface area contributed by atoms with Gasteiger partial charge in [-0.05, 0) is 61.1 Å². The number of amides is 1. The quantitative estimate of drug-likeness (QED) is 0.501. The minimum atomic E-state index is -0.241. The number of fused-ring (bicyclic) bond motifs is 1. The van der Waals surface area contributed by atoms with E-state index in [-0.39, 0.29) is 24.7 Å². The van der Waals surface area contributed by atoms with Crippen LogP contribution in [0.4, 0.5) is 5.82 Å². The van der Waals surface area contributed by atoms with Crippen LogP contribution in [0.1, 0.15) is 36.0 Å². The number of aliphatic hydroxyl groups excluding tert-OH is 2. The summed E-state index contributed by atoms with van der Waals surface area (Å²) in [5.41, 5.74) is 3.31. The van der Waals surface area contributed by atoms with E-state index in [2.05, 4.69) is 20.6 Å². The van der Waals surface area contributed by atoms with Crippen molar-refractivity contribution in [1.29, 1.82) is 0 Å². The molecule has 1 heterocycles. The maximum absolute atomic E-state index is 12.7. The fourth-order valence-electron chi connectivity index (χ4n) is 3.88. The highest BCUT2D eigenvalue weighted by Crippen LogP contribution is 2.27. The Morgan fingerprint density at radius 1 is 1.03 bits per heavy atom. The van der Waals surface area contributed by atoms with Crippen LogP contribution in [0.25, 0.3) is 22.0 Å². The molecule has 0 unspecified atom stereocenters. The molecule has 30 heavy (non-hydrogen) atoms. The molecule has 7 heteroatoms. The average Bonchev–Trinajstić information content (AvgIpc) is 2.79. The molecule has 1 fully saturated rings. The summed E-state index contributed by atoms with van der Waals surface area (Å²) < 4.78 is 0. The van der Waals surface area contributed by atoms with Crippen LogP contribution in [0.3, 0.4) is 0 Å². The van der Waals surface area contributed by atoms with E-state index in [1.807, 2.05) is 42.5 Å². The second-order valence-corrected chi connectivity index (χ2v) is 7.66. The molecule has 1 aliphatic rings. The van der Waals surface area contributed by atoms with Gasteiger partial charge in [-0.25, -0.2) is 9.97 Å². The second-order valence-electron chi connectivity index (χ2n) is 7.66. The second kappa shape index (κ2) is 9.19. The molecular formula is C23H26N4O3. The first-order valence-electron chi connectivity index (χ1n) is 10.3. The highest BCUT2D eigenvalue weighted by molar-refractivity contribution is 5.97. The van der Waals surface area contributed by atoms with Gasteiger partial charge in [0.25, 0.3) is 5.91 Å². The van der Waals surface area contributed by atoms with Gasteiger partial charge in [0.2, 0.25) is 0 Å². The third kappa shape index (κ3) is 4.58. The molecule has 0 bridgehead atoms. The molecule has 0 saturated heterocycles. The minimum Gasteiger partial charge on any atom is -0.395 e. The smallest absolute Gasteiger partial charge is 0.251 e. The Morgan fingerprint density at radius 2 is 1.83 bits per heavy atom. The Labute approximate surface area is 175 Å². The highest BCUT2D eigenvalue weighted by atomic mass is 16.3. The summed E-state index contributed by atoms with van der Waals surface area (Å²) in [5, 5.41) is 25.8. The summed E-state index contributed by atoms with van der Waals surface area (Å²) in [6.07, 6.45) is 4.34. The van der Waals surface area contributed by atoms with Gasteiger partial charge < -0.3 is 20.8 Å². The van der Waals surface area contributed by atoms with Crippen LogP contribution >= 0.6 is 0 Å². The van der Waals surface area contributed by atoms with Crippen LogP contribution in [0.2, 0.25) is 0 Å². The number of rotatable bonds is 6. The summed E-state index contributed by atoms with van der Waals surface area (Å²) in [5.74, 6) is 0.581. The van der Waals surface area contributed by atoms with Crippen LogP contribution in [0.15, 0.2) is 48.8 Å². The third-order valence-electron chi connectivity index (χ3n) is 5.53. The Morgan fingerprint density at radius 3 is 2.63 bits per heavy atom. The number of nitrogens with zero attached hydrogens (tertiary/aromatic N) is 2. The van der Waals surface area contributed by atoms with E-state index >= 15 is 0 Å². The largest absolute Gasteiger partial charge is 0.395 e. The molecule has 1 aliphatic carbocycles. The van der Waals surface area contributed by atoms with E-state index in [4.69, 9.17) is 5.11 Å². The number of hydrogen-bond donors (Lipinski definition) is 4. The molecule has 0 spiro atoms. The molecule has 3 aromatic rings. The van der Waals surface area contributed by atoms with Crippen molar-refractivity contribution in [2.45, 2.75) is 37.8 Å². The van der Waals surface area contributed by atoms with Crippen molar-refractivity contribution in [3.63, 3.8) is 0 Å². The lowest BCUT2D eigenvalue weighted by atomic mass is 9.93. The molecular weight excluding hydrogens is 380 g/mol. The van der Waals surface area contributed by atoms with E-state index in [9.17, 15) is 9.90 Å². The van der Waals surface area contributed by atoms with Crippen molar-refractivity contribution in [3.05, 3.63) is 54.4 Å². The summed E-state index contributed by atoms with van der Waals surface area (Å²) in [6.45, 7) is 0.423. The first-order valence-corrected chi connectivity index (χ1v) is 10.3. The fraction of sp³-hybridized carbons (Fsp3) is 0.348. The predicted molar refractivity (Wildman–Crippen MR) is 116 cm³/mol. The number of hydrogen-bond acceptors (Lipinski definition) is 6. The number of anilines is 1. The molecule has 4 N–H and O–H groups in total. The molecule has 7 nitrogen and oxygen atoms in total. The normalized spacial score (nSPS) is 18.9. The molecule has 0 radical (unpaired) electrons. The molecule has 1 aromatic heterocycles. The van der Waals surface area contributed by atoms with E-state index in [1.54, 1.807) is 0 Å². The number of nitrogens with one attached hydrogen (secondary N) is 2. The first kappa shape index (κ1) is 20.3. The van der Waals surface area contributed by atoms with E-state index in [0.29, 0.717) is 17.9 Å². The average molecular weight is 406 g/mol. The summed E-state index contributed by atoms with van der Waals surface area (Å²) in [6, 6.07) is 13.6. The molecule has 1 amide bonds. The number of benzene rings is 2. The molecule has 0 atom stereocenters. The van der Waals surface area contributed by atoms with Gasteiger partial charge in [-0.15, -0.1) is 0 Å². The number of carbonyl (C=O) groups excluding carboxylic acids is 1. The Balaban J connectivity index is 1.57. The van der Waals surface area contributed by atoms with Gasteiger partial charge in [0, 0.05) is 23.5 Å². The van der Waals surface area contributed by atoms with Crippen LogP contribution in [-0.4, -0.2) is 51.4 Å². The maximum Gasteiger partial charge on any atom is 0.251 e. The summed E-state index contributed by atoms with van der Waals surface area (Å²) in [4.78, 5) is 21.3. The van der Waals surface area contributed by atoms with Crippen molar-refractivity contribution in [2.24, 2.45) is 0 Å². The topological polar surface area (TPSA) is 107 Å². The molecule has 1 saturated carbocycles. The lowest BCUT2D eigenvalue weighted by Crippen LogP contribution is -2.38. The SMILES string of the molecule is O=C(NC1CCC(O)CC1)c1cccc(-c2ccc3ncnc(NCCO)c3c2)c1. The lowest BCUT2D eigenvalue weighted by Gasteiger charge is -2.26. The van der Waals surface area contributed by atoms with Crippen LogP contribution in [-0.2, 0) is 0 Å². The van der Waals surface area contributed by atoms with Gasteiger partial charge >= 0.3 is 0 Å². The van der Waals surface area contributed by atoms with Crippen LogP contribution < -0.4 is 10.6 Å². The molecule has 0 aliphatic heterocycles. The fourth-order valence-corrected chi connectivity index (χ4v) is 3.88.